The fourth-order valence-electron chi connectivity index (χ4n) is 2.28. The molecule has 22 heavy (non-hydrogen) atoms. The monoisotopic (exact) mass is 316 g/mol. The zero-order valence-corrected chi connectivity index (χ0v) is 12.9. The molecule has 0 fully saturated rings. The number of hydrogen-bond donors (Lipinski definition) is 3. The maximum atomic E-state index is 11.8. The van der Waals surface area contributed by atoms with Crippen LogP contribution in [0.4, 0.5) is 0 Å². The molecule has 114 valence electrons. The third kappa shape index (κ3) is 2.97. The van der Waals surface area contributed by atoms with Crippen molar-refractivity contribution in [2.24, 2.45) is 0 Å². The van der Waals surface area contributed by atoms with Crippen LogP contribution in [-0.2, 0) is 13.1 Å². The van der Waals surface area contributed by atoms with E-state index in [-0.39, 0.29) is 11.6 Å². The van der Waals surface area contributed by atoms with Crippen molar-refractivity contribution in [3.05, 3.63) is 51.5 Å². The fourth-order valence-corrected chi connectivity index (χ4v) is 2.54. The topological polar surface area (TPSA) is 91.4 Å². The lowest BCUT2D eigenvalue weighted by Gasteiger charge is -2.16. The van der Waals surface area contributed by atoms with Gasteiger partial charge in [0.05, 0.1) is 6.33 Å². The number of aromatic amines is 2. The van der Waals surface area contributed by atoms with Crippen LogP contribution < -0.4 is 10.9 Å². The van der Waals surface area contributed by atoms with E-state index in [0.717, 1.165) is 12.1 Å². The standard InChI is InChI=1S/C14H16N6OS/c1-9(16-6-10-2-4-15-5-3-10)7-20-12-11(17-8-18-12)13(21)19-14(20)22/h2-5,8-9,16H,6-7H2,1H3,(H,17,18)(H,19,21,22). The van der Waals surface area contributed by atoms with Gasteiger partial charge in [-0.05, 0) is 36.8 Å². The maximum Gasteiger partial charge on any atom is 0.277 e. The Labute approximate surface area is 131 Å². The first-order valence-corrected chi connectivity index (χ1v) is 7.34. The van der Waals surface area contributed by atoms with E-state index in [2.05, 4.69) is 32.2 Å². The van der Waals surface area contributed by atoms with Gasteiger partial charge >= 0.3 is 0 Å². The summed E-state index contributed by atoms with van der Waals surface area (Å²) in [7, 11) is 0. The first-order chi connectivity index (χ1) is 10.6. The van der Waals surface area contributed by atoms with Crippen LogP contribution in [0, 0.1) is 4.77 Å². The van der Waals surface area contributed by atoms with Crippen LogP contribution in [-0.4, -0.2) is 30.5 Å². The van der Waals surface area contributed by atoms with Crippen LogP contribution in [0.15, 0.2) is 35.6 Å². The minimum atomic E-state index is -0.244. The van der Waals surface area contributed by atoms with Crippen LogP contribution in [0.25, 0.3) is 11.2 Å². The molecule has 7 nitrogen and oxygen atoms in total. The molecule has 0 saturated heterocycles. The average Bonchev–Trinajstić information content (AvgIpc) is 3.00. The predicted octanol–water partition coefficient (Wildman–Crippen LogP) is 1.36. The number of rotatable bonds is 5. The number of pyridine rings is 1. The molecule has 0 saturated carbocycles. The Kier molecular flexibility index (Phi) is 4.12. The SMILES string of the molecule is CC(Cn1c(=S)[nH]c(=O)c2[nH]cnc21)NCc1ccncc1. The molecule has 1 atom stereocenters. The smallest absolute Gasteiger partial charge is 0.277 e. The van der Waals surface area contributed by atoms with Crippen molar-refractivity contribution in [3.8, 4) is 0 Å². The van der Waals surface area contributed by atoms with E-state index in [0.29, 0.717) is 22.5 Å². The Morgan fingerprint density at radius 3 is 2.95 bits per heavy atom. The molecule has 0 aliphatic carbocycles. The third-order valence-corrected chi connectivity index (χ3v) is 3.75. The molecule has 0 radical (unpaired) electrons. The summed E-state index contributed by atoms with van der Waals surface area (Å²) in [5, 5.41) is 3.42. The van der Waals surface area contributed by atoms with Crippen molar-refractivity contribution in [1.82, 2.24) is 29.8 Å². The van der Waals surface area contributed by atoms with E-state index >= 15 is 0 Å². The van der Waals surface area contributed by atoms with Crippen molar-refractivity contribution in [3.63, 3.8) is 0 Å². The summed E-state index contributed by atoms with van der Waals surface area (Å²) >= 11 is 5.25. The Hall–Kier alpha value is -2.32. The summed E-state index contributed by atoms with van der Waals surface area (Å²) in [5.74, 6) is 0. The summed E-state index contributed by atoms with van der Waals surface area (Å²) in [6, 6.07) is 4.10. The molecule has 0 amide bonds. The molecule has 0 aromatic carbocycles. The number of nitrogens with one attached hydrogen (secondary N) is 3. The van der Waals surface area contributed by atoms with Gasteiger partial charge in [-0.3, -0.25) is 19.3 Å². The van der Waals surface area contributed by atoms with Crippen LogP contribution in [0.1, 0.15) is 12.5 Å². The van der Waals surface area contributed by atoms with Gasteiger partial charge in [0.2, 0.25) is 0 Å². The maximum absolute atomic E-state index is 11.8. The molecular weight excluding hydrogens is 300 g/mol. The molecule has 0 aliphatic rings. The van der Waals surface area contributed by atoms with Gasteiger partial charge in [0, 0.05) is 31.5 Å². The Morgan fingerprint density at radius 1 is 1.41 bits per heavy atom. The molecule has 0 aliphatic heterocycles. The molecule has 3 aromatic rings. The first kappa shape index (κ1) is 14.6. The second-order valence-electron chi connectivity index (χ2n) is 5.11. The number of hydrogen-bond acceptors (Lipinski definition) is 5. The van der Waals surface area contributed by atoms with E-state index in [1.54, 1.807) is 12.4 Å². The number of imidazole rings is 1. The van der Waals surface area contributed by atoms with Crippen molar-refractivity contribution in [2.45, 2.75) is 26.1 Å². The highest BCUT2D eigenvalue weighted by Gasteiger charge is 2.10. The molecule has 8 heteroatoms. The van der Waals surface area contributed by atoms with E-state index in [1.807, 2.05) is 16.7 Å². The molecule has 3 aromatic heterocycles. The summed E-state index contributed by atoms with van der Waals surface area (Å²) in [6.07, 6.45) is 5.04. The lowest BCUT2D eigenvalue weighted by atomic mass is 10.2. The van der Waals surface area contributed by atoms with Gasteiger partial charge in [0.15, 0.2) is 10.4 Å². The second kappa shape index (κ2) is 6.20. The fraction of sp³-hybridized carbons (Fsp3) is 0.286. The van der Waals surface area contributed by atoms with Gasteiger partial charge in [-0.15, -0.1) is 0 Å². The number of nitrogens with zero attached hydrogens (tertiary/aromatic N) is 3. The molecule has 3 heterocycles. The third-order valence-electron chi connectivity index (χ3n) is 3.43. The summed E-state index contributed by atoms with van der Waals surface area (Å²) in [5.41, 5.74) is 1.93. The molecular formula is C14H16N6OS. The van der Waals surface area contributed by atoms with Crippen LogP contribution in [0.2, 0.25) is 0 Å². The molecule has 0 bridgehead atoms. The van der Waals surface area contributed by atoms with E-state index in [9.17, 15) is 4.79 Å². The van der Waals surface area contributed by atoms with Gasteiger partial charge in [0.1, 0.15) is 5.52 Å². The van der Waals surface area contributed by atoms with Gasteiger partial charge in [-0.25, -0.2) is 4.98 Å². The minimum absolute atomic E-state index is 0.158. The van der Waals surface area contributed by atoms with Gasteiger partial charge < -0.3 is 10.3 Å². The van der Waals surface area contributed by atoms with Gasteiger partial charge in [-0.1, -0.05) is 0 Å². The molecule has 1 unspecified atom stereocenters. The Balaban J connectivity index is 1.77. The van der Waals surface area contributed by atoms with Gasteiger partial charge in [-0.2, -0.15) is 0 Å². The van der Waals surface area contributed by atoms with Crippen LogP contribution in [0.3, 0.4) is 0 Å². The van der Waals surface area contributed by atoms with Crippen molar-refractivity contribution in [2.75, 3.05) is 0 Å². The zero-order valence-electron chi connectivity index (χ0n) is 12.0. The average molecular weight is 316 g/mol. The molecule has 3 N–H and O–H groups in total. The van der Waals surface area contributed by atoms with Crippen LogP contribution >= 0.6 is 12.2 Å². The summed E-state index contributed by atoms with van der Waals surface area (Å²) in [6.45, 7) is 3.42. The predicted molar refractivity (Wildman–Crippen MR) is 86.1 cm³/mol. The van der Waals surface area contributed by atoms with Crippen molar-refractivity contribution >= 4 is 23.4 Å². The van der Waals surface area contributed by atoms with E-state index in [4.69, 9.17) is 12.2 Å². The number of H-pyrrole nitrogens is 2. The quantitative estimate of drug-likeness (QED) is 0.618. The number of aromatic nitrogens is 5. The largest absolute Gasteiger partial charge is 0.339 e. The minimum Gasteiger partial charge on any atom is -0.339 e. The van der Waals surface area contributed by atoms with Gasteiger partial charge in [0.25, 0.3) is 5.56 Å². The summed E-state index contributed by atoms with van der Waals surface area (Å²) in [4.78, 5) is 25.5. The highest BCUT2D eigenvalue weighted by atomic mass is 32.1. The summed E-state index contributed by atoms with van der Waals surface area (Å²) < 4.78 is 2.20. The molecule has 0 spiro atoms. The zero-order chi connectivity index (χ0) is 15.5. The molecule has 3 rings (SSSR count). The highest BCUT2D eigenvalue weighted by Crippen LogP contribution is 2.06. The van der Waals surface area contributed by atoms with Crippen LogP contribution in [0.5, 0.6) is 0 Å². The van der Waals surface area contributed by atoms with Crippen molar-refractivity contribution in [1.29, 1.82) is 0 Å². The first-order valence-electron chi connectivity index (χ1n) is 6.93. The lowest BCUT2D eigenvalue weighted by molar-refractivity contribution is 0.475. The second-order valence-corrected chi connectivity index (χ2v) is 5.50. The van der Waals surface area contributed by atoms with E-state index < -0.39 is 0 Å². The highest BCUT2D eigenvalue weighted by molar-refractivity contribution is 7.71. The normalized spacial score (nSPS) is 12.6. The van der Waals surface area contributed by atoms with Crippen molar-refractivity contribution < 1.29 is 0 Å². The Morgan fingerprint density at radius 2 is 2.18 bits per heavy atom. The Bertz CT molecular complexity index is 881. The van der Waals surface area contributed by atoms with E-state index in [1.165, 1.54) is 6.33 Å². The lowest BCUT2D eigenvalue weighted by Crippen LogP contribution is -2.31. The number of fused-ring (bicyclic) bond motifs is 1.